The van der Waals surface area contributed by atoms with Gasteiger partial charge in [0.05, 0.1) is 24.3 Å². The van der Waals surface area contributed by atoms with Gasteiger partial charge in [0, 0.05) is 23.4 Å². The molecule has 0 atom stereocenters. The Bertz CT molecular complexity index is 891. The molecule has 0 amide bonds. The second kappa shape index (κ2) is 7.37. The van der Waals surface area contributed by atoms with Crippen LogP contribution in [0.2, 0.25) is 0 Å². The van der Waals surface area contributed by atoms with E-state index >= 15 is 0 Å². The van der Waals surface area contributed by atoms with Crippen LogP contribution in [0.1, 0.15) is 38.3 Å². The number of carbonyl (C=O) groups is 3. The maximum absolute atomic E-state index is 12.9. The number of phenols is 1. The fourth-order valence-electron chi connectivity index (χ4n) is 2.89. The number of rotatable bonds is 6. The summed E-state index contributed by atoms with van der Waals surface area (Å²) in [5, 5.41) is 13.2. The number of carbonyl (C=O) groups excluding carboxylic acids is 3. The molecule has 1 aliphatic carbocycles. The van der Waals surface area contributed by atoms with Crippen molar-refractivity contribution in [3.8, 4) is 5.75 Å². The standard InChI is InChI=1S/C19H18N2O5/c20-10-15(23)26-9-3-8-21-13-6-7-14(22)17-16(13)18(24)11-4-1-2-5-12(11)19(17)25/h1-2,4-7,21-22H,3,8-10,20H2. The number of aromatic hydroxyl groups is 1. The molecular formula is C19H18N2O5. The second-order valence-corrected chi connectivity index (χ2v) is 5.79. The molecule has 134 valence electrons. The zero-order chi connectivity index (χ0) is 18.7. The predicted octanol–water partition coefficient (Wildman–Crippen LogP) is 1.47. The number of benzene rings is 2. The van der Waals surface area contributed by atoms with Crippen molar-refractivity contribution in [1.29, 1.82) is 0 Å². The van der Waals surface area contributed by atoms with Gasteiger partial charge >= 0.3 is 5.97 Å². The predicted molar refractivity (Wildman–Crippen MR) is 94.5 cm³/mol. The van der Waals surface area contributed by atoms with Gasteiger partial charge in [-0.05, 0) is 18.6 Å². The molecule has 0 spiro atoms. The highest BCUT2D eigenvalue weighted by Gasteiger charge is 2.33. The number of hydrogen-bond acceptors (Lipinski definition) is 7. The summed E-state index contributed by atoms with van der Waals surface area (Å²) < 4.78 is 4.88. The molecule has 7 nitrogen and oxygen atoms in total. The molecule has 0 unspecified atom stereocenters. The van der Waals surface area contributed by atoms with E-state index in [2.05, 4.69) is 5.32 Å². The van der Waals surface area contributed by atoms with Gasteiger partial charge in [-0.2, -0.15) is 0 Å². The Labute approximate surface area is 149 Å². The lowest BCUT2D eigenvalue weighted by molar-refractivity contribution is -0.141. The molecule has 0 aromatic heterocycles. The number of esters is 1. The van der Waals surface area contributed by atoms with E-state index in [1.54, 1.807) is 30.3 Å². The summed E-state index contributed by atoms with van der Waals surface area (Å²) >= 11 is 0. The lowest BCUT2D eigenvalue weighted by atomic mass is 9.82. The monoisotopic (exact) mass is 354 g/mol. The smallest absolute Gasteiger partial charge is 0.319 e. The summed E-state index contributed by atoms with van der Waals surface area (Å²) in [6.45, 7) is 0.437. The molecule has 0 heterocycles. The first kappa shape index (κ1) is 17.6. The molecule has 0 fully saturated rings. The van der Waals surface area contributed by atoms with E-state index in [0.717, 1.165) is 0 Å². The van der Waals surface area contributed by atoms with Gasteiger partial charge < -0.3 is 20.9 Å². The van der Waals surface area contributed by atoms with Crippen molar-refractivity contribution in [2.45, 2.75) is 6.42 Å². The van der Waals surface area contributed by atoms with E-state index in [0.29, 0.717) is 24.2 Å². The van der Waals surface area contributed by atoms with Gasteiger partial charge in [-0.3, -0.25) is 14.4 Å². The molecule has 7 heteroatoms. The number of ether oxygens (including phenoxy) is 1. The summed E-state index contributed by atoms with van der Waals surface area (Å²) in [5.41, 5.74) is 6.37. The molecule has 0 saturated heterocycles. The van der Waals surface area contributed by atoms with Gasteiger partial charge in [-0.15, -0.1) is 0 Å². The van der Waals surface area contributed by atoms with E-state index in [1.807, 2.05) is 0 Å². The van der Waals surface area contributed by atoms with E-state index in [4.69, 9.17) is 10.5 Å². The molecule has 0 radical (unpaired) electrons. The minimum Gasteiger partial charge on any atom is -0.507 e. The molecule has 3 rings (SSSR count). The van der Waals surface area contributed by atoms with Gasteiger partial charge in [0.1, 0.15) is 5.75 Å². The SMILES string of the molecule is NCC(=O)OCCCNc1ccc(O)c2c1C(=O)c1ccccc1C2=O. The van der Waals surface area contributed by atoms with Crippen LogP contribution in [0.5, 0.6) is 5.75 Å². The Kier molecular flexibility index (Phi) is 4.99. The zero-order valence-corrected chi connectivity index (χ0v) is 14.0. The van der Waals surface area contributed by atoms with Gasteiger partial charge in [-0.1, -0.05) is 24.3 Å². The summed E-state index contributed by atoms with van der Waals surface area (Å²) in [6, 6.07) is 9.48. The number of hydrogen-bond donors (Lipinski definition) is 3. The summed E-state index contributed by atoms with van der Waals surface area (Å²) in [6.07, 6.45) is 0.500. The van der Waals surface area contributed by atoms with Crippen molar-refractivity contribution >= 4 is 23.2 Å². The fraction of sp³-hybridized carbons (Fsp3) is 0.211. The topological polar surface area (TPSA) is 119 Å². The van der Waals surface area contributed by atoms with E-state index in [1.165, 1.54) is 6.07 Å². The summed E-state index contributed by atoms with van der Waals surface area (Å²) in [4.78, 5) is 36.6. The maximum atomic E-state index is 12.9. The number of nitrogens with one attached hydrogen (secondary N) is 1. The number of phenolic OH excluding ortho intramolecular Hbond substituents is 1. The van der Waals surface area contributed by atoms with Gasteiger partial charge in [-0.25, -0.2) is 0 Å². The quantitative estimate of drug-likeness (QED) is 0.348. The molecule has 2 aromatic rings. The van der Waals surface area contributed by atoms with Crippen LogP contribution in [0.15, 0.2) is 36.4 Å². The number of nitrogens with two attached hydrogens (primary N) is 1. The number of ketones is 2. The lowest BCUT2D eigenvalue weighted by Gasteiger charge is -2.21. The third-order valence-corrected chi connectivity index (χ3v) is 4.12. The largest absolute Gasteiger partial charge is 0.507 e. The van der Waals surface area contributed by atoms with Gasteiger partial charge in [0.25, 0.3) is 0 Å². The van der Waals surface area contributed by atoms with Gasteiger partial charge in [0.15, 0.2) is 11.6 Å². The highest BCUT2D eigenvalue weighted by atomic mass is 16.5. The minimum absolute atomic E-state index is 0.00765. The molecule has 4 N–H and O–H groups in total. The zero-order valence-electron chi connectivity index (χ0n) is 14.0. The van der Waals surface area contributed by atoms with Crippen LogP contribution >= 0.6 is 0 Å². The lowest BCUT2D eigenvalue weighted by Crippen LogP contribution is -2.23. The van der Waals surface area contributed by atoms with Crippen LogP contribution in [0.3, 0.4) is 0 Å². The molecule has 0 saturated carbocycles. The van der Waals surface area contributed by atoms with Crippen LogP contribution < -0.4 is 11.1 Å². The Morgan fingerprint density at radius 3 is 2.35 bits per heavy atom. The maximum Gasteiger partial charge on any atom is 0.319 e. The molecule has 0 aliphatic heterocycles. The molecular weight excluding hydrogens is 336 g/mol. The minimum atomic E-state index is -0.482. The second-order valence-electron chi connectivity index (χ2n) is 5.79. The van der Waals surface area contributed by atoms with E-state index in [9.17, 15) is 19.5 Å². The van der Waals surface area contributed by atoms with Crippen molar-refractivity contribution in [3.63, 3.8) is 0 Å². The highest BCUT2D eigenvalue weighted by molar-refractivity contribution is 6.31. The first-order valence-corrected chi connectivity index (χ1v) is 8.18. The molecule has 26 heavy (non-hydrogen) atoms. The van der Waals surface area contributed by atoms with Crippen molar-refractivity contribution in [1.82, 2.24) is 0 Å². The summed E-state index contributed by atoms with van der Waals surface area (Å²) in [5.74, 6) is -1.41. The third kappa shape index (κ3) is 3.16. The number of anilines is 1. The highest BCUT2D eigenvalue weighted by Crippen LogP contribution is 2.36. The van der Waals surface area contributed by atoms with E-state index in [-0.39, 0.29) is 47.2 Å². The third-order valence-electron chi connectivity index (χ3n) is 4.12. The van der Waals surface area contributed by atoms with Crippen molar-refractivity contribution < 1.29 is 24.2 Å². The van der Waals surface area contributed by atoms with Crippen molar-refractivity contribution in [2.75, 3.05) is 25.0 Å². The molecule has 0 bridgehead atoms. The summed E-state index contributed by atoms with van der Waals surface area (Å²) in [7, 11) is 0. The van der Waals surface area contributed by atoms with E-state index < -0.39 is 5.97 Å². The normalized spacial score (nSPS) is 12.3. The van der Waals surface area contributed by atoms with Crippen molar-refractivity contribution in [3.05, 3.63) is 58.7 Å². The Hall–Kier alpha value is -3.19. The number of fused-ring (bicyclic) bond motifs is 2. The van der Waals surface area contributed by atoms with Crippen molar-refractivity contribution in [2.24, 2.45) is 5.73 Å². The van der Waals surface area contributed by atoms with Crippen LogP contribution in [0.4, 0.5) is 5.69 Å². The average molecular weight is 354 g/mol. The van der Waals surface area contributed by atoms with Crippen LogP contribution in [-0.2, 0) is 9.53 Å². The molecule has 2 aromatic carbocycles. The fourth-order valence-corrected chi connectivity index (χ4v) is 2.89. The molecule has 1 aliphatic rings. The first-order valence-electron chi connectivity index (χ1n) is 8.18. The van der Waals surface area contributed by atoms with Gasteiger partial charge in [0.2, 0.25) is 0 Å². The first-order chi connectivity index (χ1) is 12.5. The van der Waals surface area contributed by atoms with Crippen LogP contribution in [-0.4, -0.2) is 42.3 Å². The Morgan fingerprint density at radius 1 is 1.04 bits per heavy atom. The van der Waals surface area contributed by atoms with Crippen LogP contribution in [0, 0.1) is 0 Å². The Morgan fingerprint density at radius 2 is 1.69 bits per heavy atom. The Balaban J connectivity index is 1.83. The van der Waals surface area contributed by atoms with Crippen LogP contribution in [0.25, 0.3) is 0 Å². The average Bonchev–Trinajstić information content (AvgIpc) is 2.66.